The first-order valence-electron chi connectivity index (χ1n) is 4.54. The summed E-state index contributed by atoms with van der Waals surface area (Å²) in [6, 6.07) is 0. The molecule has 0 saturated heterocycles. The Morgan fingerprint density at radius 1 is 1.33 bits per heavy atom. The molecular weight excluding hydrogens is 235 g/mol. The van der Waals surface area contributed by atoms with Gasteiger partial charge in [0, 0.05) is 5.92 Å². The molecule has 2 nitrogen and oxygen atoms in total. The maximum absolute atomic E-state index is 12.1. The largest absolute Gasteiger partial charge is 1.00 e. The van der Waals surface area contributed by atoms with Gasteiger partial charge in [-0.1, -0.05) is 12.2 Å². The second kappa shape index (κ2) is 5.08. The Balaban J connectivity index is 0.00000196. The Labute approximate surface area is 130 Å². The zero-order valence-corrected chi connectivity index (χ0v) is 12.5. The average molecular weight is 248 g/mol. The summed E-state index contributed by atoms with van der Waals surface area (Å²) in [5.74, 6) is -3.10. The van der Waals surface area contributed by atoms with Crippen molar-refractivity contribution in [2.24, 2.45) is 5.92 Å². The van der Waals surface area contributed by atoms with Crippen molar-refractivity contribution in [3.05, 3.63) is 0 Å². The van der Waals surface area contributed by atoms with Gasteiger partial charge < -0.3 is 17.7 Å². The SMILES string of the molecule is CC(C)(C)OC(=O)C1CC1[B-](F)(F)F.[K+]. The van der Waals surface area contributed by atoms with Crippen molar-refractivity contribution in [2.45, 2.75) is 38.6 Å². The van der Waals surface area contributed by atoms with Gasteiger partial charge >= 0.3 is 64.3 Å². The molecule has 1 aliphatic carbocycles. The van der Waals surface area contributed by atoms with Gasteiger partial charge in [-0.15, -0.1) is 0 Å². The van der Waals surface area contributed by atoms with Gasteiger partial charge in [-0.25, -0.2) is 0 Å². The molecule has 0 aromatic heterocycles. The molecule has 1 saturated carbocycles. The summed E-state index contributed by atoms with van der Waals surface area (Å²) in [4.78, 5) is 11.2. The van der Waals surface area contributed by atoms with E-state index in [2.05, 4.69) is 0 Å². The predicted octanol–water partition coefficient (Wildman–Crippen LogP) is -0.430. The molecule has 0 bridgehead atoms. The van der Waals surface area contributed by atoms with Crippen LogP contribution in [0.2, 0.25) is 5.82 Å². The van der Waals surface area contributed by atoms with E-state index in [1.807, 2.05) is 0 Å². The van der Waals surface area contributed by atoms with E-state index < -0.39 is 30.3 Å². The number of carbonyl (C=O) groups excluding carboxylic acids is 1. The van der Waals surface area contributed by atoms with Crippen LogP contribution < -0.4 is 51.4 Å². The number of hydrogen-bond acceptors (Lipinski definition) is 2. The fourth-order valence-electron chi connectivity index (χ4n) is 1.28. The van der Waals surface area contributed by atoms with E-state index in [9.17, 15) is 17.7 Å². The molecule has 0 aliphatic heterocycles. The summed E-state index contributed by atoms with van der Waals surface area (Å²) >= 11 is 0. The first-order chi connectivity index (χ1) is 6.11. The molecule has 1 fully saturated rings. The van der Waals surface area contributed by atoms with Crippen molar-refractivity contribution in [1.82, 2.24) is 0 Å². The zero-order valence-electron chi connectivity index (χ0n) is 9.39. The van der Waals surface area contributed by atoms with Gasteiger partial charge in [-0.3, -0.25) is 4.79 Å². The first-order valence-corrected chi connectivity index (χ1v) is 4.54. The van der Waals surface area contributed by atoms with Gasteiger partial charge in [0.25, 0.3) is 0 Å². The Morgan fingerprint density at radius 3 is 2.07 bits per heavy atom. The Bertz CT molecular complexity index is 249. The molecule has 0 radical (unpaired) electrons. The second-order valence-corrected chi connectivity index (χ2v) is 4.66. The fraction of sp³-hybridized carbons (Fsp3) is 0.875. The van der Waals surface area contributed by atoms with E-state index >= 15 is 0 Å². The quantitative estimate of drug-likeness (QED) is 0.489. The van der Waals surface area contributed by atoms with Crippen LogP contribution in [0.15, 0.2) is 0 Å². The molecule has 0 aromatic carbocycles. The molecule has 0 spiro atoms. The van der Waals surface area contributed by atoms with Crippen LogP contribution in [-0.4, -0.2) is 18.5 Å². The number of ether oxygens (including phenoxy) is 1. The van der Waals surface area contributed by atoms with E-state index in [0.29, 0.717) is 0 Å². The molecule has 0 amide bonds. The molecule has 7 heteroatoms. The van der Waals surface area contributed by atoms with Crippen LogP contribution in [0.1, 0.15) is 27.2 Å². The summed E-state index contributed by atoms with van der Waals surface area (Å²) in [6.07, 6.45) is -0.0988. The van der Waals surface area contributed by atoms with Crippen molar-refractivity contribution in [2.75, 3.05) is 0 Å². The third-order valence-electron chi connectivity index (χ3n) is 2.03. The molecule has 0 aromatic rings. The van der Waals surface area contributed by atoms with Gasteiger partial charge in [0.15, 0.2) is 0 Å². The average Bonchev–Trinajstić information content (AvgIpc) is 2.55. The van der Waals surface area contributed by atoms with Gasteiger partial charge in [0.05, 0.1) is 0 Å². The molecule has 82 valence electrons. The maximum atomic E-state index is 12.1. The van der Waals surface area contributed by atoms with E-state index in [1.54, 1.807) is 20.8 Å². The molecule has 15 heavy (non-hydrogen) atoms. The standard InChI is InChI=1S/C8H13BF3O2.K/c1-8(2,3)14-7(13)5-4-6(5)9(10,11)12;/h5-6H,4H2,1-3H3;/q-1;+1. The zero-order chi connectivity index (χ0) is 11.1. The minimum Gasteiger partial charge on any atom is -0.460 e. The fourth-order valence-corrected chi connectivity index (χ4v) is 1.28. The van der Waals surface area contributed by atoms with Crippen molar-refractivity contribution in [1.29, 1.82) is 0 Å². The number of hydrogen-bond donors (Lipinski definition) is 0. The van der Waals surface area contributed by atoms with Crippen LogP contribution in [0.5, 0.6) is 0 Å². The third-order valence-corrected chi connectivity index (χ3v) is 2.03. The van der Waals surface area contributed by atoms with Gasteiger partial charge in [0.2, 0.25) is 0 Å². The maximum Gasteiger partial charge on any atom is 1.00 e. The molecule has 0 heterocycles. The van der Waals surface area contributed by atoms with E-state index in [0.717, 1.165) is 0 Å². The summed E-state index contributed by atoms with van der Waals surface area (Å²) in [6.45, 7) is 0.0439. The topological polar surface area (TPSA) is 26.3 Å². The van der Waals surface area contributed by atoms with Crippen LogP contribution >= 0.6 is 0 Å². The van der Waals surface area contributed by atoms with Crippen molar-refractivity contribution in [3.8, 4) is 0 Å². The molecule has 2 atom stereocenters. The predicted molar refractivity (Wildman–Crippen MR) is 46.8 cm³/mol. The normalized spacial score (nSPS) is 25.5. The van der Waals surface area contributed by atoms with Crippen molar-refractivity contribution in [3.63, 3.8) is 0 Å². The minimum atomic E-state index is -4.88. The third kappa shape index (κ3) is 5.21. The number of rotatable bonds is 2. The monoisotopic (exact) mass is 248 g/mol. The van der Waals surface area contributed by atoms with Crippen molar-refractivity contribution < 1.29 is 73.9 Å². The molecule has 1 rings (SSSR count). The smallest absolute Gasteiger partial charge is 0.460 e. The van der Waals surface area contributed by atoms with E-state index in [4.69, 9.17) is 4.74 Å². The molecule has 1 aliphatic rings. The van der Waals surface area contributed by atoms with Crippen LogP contribution in [-0.2, 0) is 9.53 Å². The molecular formula is C8H13BF3KO2. The second-order valence-electron chi connectivity index (χ2n) is 4.66. The van der Waals surface area contributed by atoms with Crippen LogP contribution in [0.3, 0.4) is 0 Å². The molecule has 0 N–H and O–H groups in total. The summed E-state index contributed by atoms with van der Waals surface area (Å²) in [7, 11) is 0. The van der Waals surface area contributed by atoms with Crippen LogP contribution in [0.4, 0.5) is 12.9 Å². The Kier molecular flexibility index (Phi) is 5.40. The Morgan fingerprint density at radius 2 is 1.80 bits per heavy atom. The summed E-state index contributed by atoms with van der Waals surface area (Å²) in [5.41, 5.74) is -0.706. The van der Waals surface area contributed by atoms with Crippen LogP contribution in [0.25, 0.3) is 0 Å². The van der Waals surface area contributed by atoms with E-state index in [1.165, 1.54) is 0 Å². The van der Waals surface area contributed by atoms with Gasteiger partial charge in [-0.2, -0.15) is 0 Å². The number of carbonyl (C=O) groups is 1. The number of esters is 1. The molecule has 2 unspecified atom stereocenters. The van der Waals surface area contributed by atoms with Gasteiger partial charge in [-0.05, 0) is 20.8 Å². The van der Waals surface area contributed by atoms with Crippen LogP contribution in [0, 0.1) is 5.92 Å². The van der Waals surface area contributed by atoms with E-state index in [-0.39, 0.29) is 57.8 Å². The van der Waals surface area contributed by atoms with Crippen molar-refractivity contribution >= 4 is 12.9 Å². The first kappa shape index (κ1) is 16.0. The summed E-state index contributed by atoms with van der Waals surface area (Å²) in [5, 5.41) is 0. The summed E-state index contributed by atoms with van der Waals surface area (Å²) < 4.78 is 41.3. The minimum absolute atomic E-state index is 0. The van der Waals surface area contributed by atoms with Gasteiger partial charge in [0.1, 0.15) is 5.60 Å². The Hall–Kier alpha value is 0.961. The number of halogens is 3.